The molecule has 1 aliphatic heterocycles. The maximum Gasteiger partial charge on any atom is 0.256 e. The van der Waals surface area contributed by atoms with E-state index in [0.29, 0.717) is 11.4 Å². The number of anilines is 2. The zero-order chi connectivity index (χ0) is 21.9. The van der Waals surface area contributed by atoms with Gasteiger partial charge in [0.05, 0.1) is 0 Å². The largest absolute Gasteiger partial charge is 0.353 e. The van der Waals surface area contributed by atoms with E-state index in [2.05, 4.69) is 50.3 Å². The summed E-state index contributed by atoms with van der Waals surface area (Å²) < 4.78 is 0. The number of nitrogens with one attached hydrogen (secondary N) is 1. The van der Waals surface area contributed by atoms with Crippen molar-refractivity contribution in [3.63, 3.8) is 0 Å². The van der Waals surface area contributed by atoms with Gasteiger partial charge in [0.15, 0.2) is 0 Å². The summed E-state index contributed by atoms with van der Waals surface area (Å²) in [7, 11) is 2.13. The summed E-state index contributed by atoms with van der Waals surface area (Å²) in [6.45, 7) is 3.75. The van der Waals surface area contributed by atoms with Crippen LogP contribution in [0.5, 0.6) is 0 Å². The molecular weight excluding hydrogens is 400 g/mol. The molecule has 32 heavy (non-hydrogen) atoms. The Morgan fingerprint density at radius 1 is 0.844 bits per heavy atom. The topological polar surface area (TPSA) is 74.2 Å². The summed E-state index contributed by atoms with van der Waals surface area (Å²) in [6.07, 6.45) is 6.81. The van der Waals surface area contributed by atoms with Crippen LogP contribution in [0.2, 0.25) is 0 Å². The fourth-order valence-electron chi connectivity index (χ4n) is 3.98. The van der Waals surface area contributed by atoms with Gasteiger partial charge in [-0.3, -0.25) is 14.8 Å². The first-order valence-electron chi connectivity index (χ1n) is 10.7. The molecule has 1 aliphatic rings. The van der Waals surface area contributed by atoms with Crippen LogP contribution in [0.25, 0.3) is 21.9 Å². The Hall–Kier alpha value is -3.84. The molecule has 1 fully saturated rings. The zero-order valence-corrected chi connectivity index (χ0v) is 17.9. The number of rotatable bonds is 4. The highest BCUT2D eigenvalue weighted by Crippen LogP contribution is 2.32. The van der Waals surface area contributed by atoms with Crippen molar-refractivity contribution < 1.29 is 4.79 Å². The van der Waals surface area contributed by atoms with Gasteiger partial charge in [0.2, 0.25) is 0 Å². The Morgan fingerprint density at radius 3 is 2.25 bits per heavy atom. The van der Waals surface area contributed by atoms with Crippen LogP contribution in [0, 0.1) is 0 Å². The number of piperazine rings is 1. The van der Waals surface area contributed by atoms with Crippen molar-refractivity contribution in [1.29, 1.82) is 0 Å². The lowest BCUT2D eigenvalue weighted by molar-refractivity contribution is 0.102. The number of amides is 1. The van der Waals surface area contributed by atoms with Crippen LogP contribution >= 0.6 is 0 Å². The van der Waals surface area contributed by atoms with E-state index in [1.165, 1.54) is 0 Å². The van der Waals surface area contributed by atoms with Gasteiger partial charge in [0.1, 0.15) is 11.6 Å². The van der Waals surface area contributed by atoms with Crippen molar-refractivity contribution in [2.45, 2.75) is 0 Å². The number of pyridine rings is 3. The Labute approximate surface area is 186 Å². The van der Waals surface area contributed by atoms with Gasteiger partial charge >= 0.3 is 0 Å². The minimum absolute atomic E-state index is 0.200. The number of nitrogens with zero attached hydrogens (tertiary/aromatic N) is 5. The van der Waals surface area contributed by atoms with Crippen molar-refractivity contribution in [3.05, 3.63) is 78.9 Å². The summed E-state index contributed by atoms with van der Waals surface area (Å²) in [5, 5.41) is 5.09. The Kier molecular flexibility index (Phi) is 5.47. The van der Waals surface area contributed by atoms with Crippen molar-refractivity contribution in [2.75, 3.05) is 43.4 Å². The molecule has 0 unspecified atom stereocenters. The van der Waals surface area contributed by atoms with Gasteiger partial charge in [-0.05, 0) is 60.0 Å². The molecule has 1 saturated heterocycles. The number of hydrogen-bond donors (Lipinski definition) is 1. The second-order valence-corrected chi connectivity index (χ2v) is 7.98. The molecule has 1 N–H and O–H groups in total. The second kappa shape index (κ2) is 8.72. The fourth-order valence-corrected chi connectivity index (χ4v) is 3.98. The van der Waals surface area contributed by atoms with Crippen LogP contribution in [0.1, 0.15) is 10.4 Å². The minimum Gasteiger partial charge on any atom is -0.353 e. The third kappa shape index (κ3) is 4.15. The molecule has 0 atom stereocenters. The smallest absolute Gasteiger partial charge is 0.256 e. The van der Waals surface area contributed by atoms with E-state index in [1.54, 1.807) is 36.9 Å². The van der Waals surface area contributed by atoms with Gasteiger partial charge < -0.3 is 15.1 Å². The van der Waals surface area contributed by atoms with Crippen molar-refractivity contribution in [2.24, 2.45) is 0 Å². The van der Waals surface area contributed by atoms with E-state index in [0.717, 1.165) is 53.9 Å². The van der Waals surface area contributed by atoms with Gasteiger partial charge in [-0.2, -0.15) is 0 Å². The number of hydrogen-bond acceptors (Lipinski definition) is 6. The summed E-state index contributed by atoms with van der Waals surface area (Å²) in [5.74, 6) is 1.25. The summed E-state index contributed by atoms with van der Waals surface area (Å²) in [4.78, 5) is 30.3. The lowest BCUT2D eigenvalue weighted by Gasteiger charge is -2.34. The molecule has 4 heterocycles. The number of carbonyl (C=O) groups excluding carboxylic acids is 1. The van der Waals surface area contributed by atoms with Crippen LogP contribution in [-0.4, -0.2) is 59.0 Å². The van der Waals surface area contributed by atoms with Gasteiger partial charge in [0.25, 0.3) is 5.91 Å². The first-order valence-corrected chi connectivity index (χ1v) is 10.7. The fraction of sp³-hybridized carbons (Fsp3) is 0.200. The normalized spacial score (nSPS) is 14.5. The molecule has 1 amide bonds. The maximum atomic E-state index is 12.8. The third-order valence-electron chi connectivity index (χ3n) is 5.81. The van der Waals surface area contributed by atoms with Crippen molar-refractivity contribution in [1.82, 2.24) is 19.9 Å². The third-order valence-corrected chi connectivity index (χ3v) is 5.81. The van der Waals surface area contributed by atoms with Crippen LogP contribution in [0.15, 0.2) is 73.3 Å². The first-order chi connectivity index (χ1) is 15.7. The monoisotopic (exact) mass is 424 g/mol. The highest BCUT2D eigenvalue weighted by Gasteiger charge is 2.19. The molecule has 0 spiro atoms. The van der Waals surface area contributed by atoms with Crippen molar-refractivity contribution >= 4 is 28.3 Å². The lowest BCUT2D eigenvalue weighted by Crippen LogP contribution is -2.45. The molecule has 7 nitrogen and oxygen atoms in total. The van der Waals surface area contributed by atoms with E-state index in [4.69, 9.17) is 4.98 Å². The van der Waals surface area contributed by atoms with Crippen LogP contribution in [-0.2, 0) is 0 Å². The molecule has 160 valence electrons. The highest BCUT2D eigenvalue weighted by atomic mass is 16.1. The second-order valence-electron chi connectivity index (χ2n) is 7.98. The van der Waals surface area contributed by atoms with Gasteiger partial charge in [-0.1, -0.05) is 12.1 Å². The van der Waals surface area contributed by atoms with Crippen LogP contribution in [0.3, 0.4) is 0 Å². The summed E-state index contributed by atoms with van der Waals surface area (Å²) >= 11 is 0. The SMILES string of the molecule is CN1CCN(c2nc(NC(=O)c3ccncc3)cc3cc(-c4ccncc4)ccc23)CC1. The first kappa shape index (κ1) is 20.1. The van der Waals surface area contributed by atoms with E-state index in [9.17, 15) is 4.79 Å². The van der Waals surface area contributed by atoms with E-state index < -0.39 is 0 Å². The average Bonchev–Trinajstić information content (AvgIpc) is 2.85. The van der Waals surface area contributed by atoms with E-state index in [1.807, 2.05) is 18.2 Å². The summed E-state index contributed by atoms with van der Waals surface area (Å²) in [5.41, 5.74) is 2.75. The van der Waals surface area contributed by atoms with Gasteiger partial charge in [0, 0.05) is 61.9 Å². The molecule has 0 aliphatic carbocycles. The summed E-state index contributed by atoms with van der Waals surface area (Å²) in [6, 6.07) is 15.7. The van der Waals surface area contributed by atoms with E-state index >= 15 is 0 Å². The number of carbonyl (C=O) groups is 1. The Balaban J connectivity index is 1.57. The molecule has 0 saturated carbocycles. The van der Waals surface area contributed by atoms with Crippen LogP contribution in [0.4, 0.5) is 11.6 Å². The average molecular weight is 425 g/mol. The highest BCUT2D eigenvalue weighted by molar-refractivity contribution is 6.05. The molecule has 3 aromatic heterocycles. The lowest BCUT2D eigenvalue weighted by atomic mass is 10.0. The maximum absolute atomic E-state index is 12.8. The van der Waals surface area contributed by atoms with Gasteiger partial charge in [-0.15, -0.1) is 0 Å². The molecule has 4 aromatic rings. The predicted molar refractivity (Wildman–Crippen MR) is 127 cm³/mol. The minimum atomic E-state index is -0.200. The van der Waals surface area contributed by atoms with Gasteiger partial charge in [-0.25, -0.2) is 4.98 Å². The van der Waals surface area contributed by atoms with E-state index in [-0.39, 0.29) is 5.91 Å². The number of aromatic nitrogens is 3. The van der Waals surface area contributed by atoms with Crippen molar-refractivity contribution in [3.8, 4) is 11.1 Å². The number of fused-ring (bicyclic) bond motifs is 1. The number of likely N-dealkylation sites (N-methyl/N-ethyl adjacent to an activating group) is 1. The van der Waals surface area contributed by atoms with Crippen LogP contribution < -0.4 is 10.2 Å². The quantitative estimate of drug-likeness (QED) is 0.539. The molecule has 7 heteroatoms. The molecule has 0 radical (unpaired) electrons. The standard InChI is InChI=1S/C25H24N6O/c1-30-12-14-31(15-13-30)24-22-3-2-20(18-4-8-26-9-5-18)16-21(22)17-23(28-24)29-25(32)19-6-10-27-11-7-19/h2-11,16-17H,12-15H2,1H3,(H,28,29,32). The number of benzene rings is 1. The molecule has 0 bridgehead atoms. The molecule has 5 rings (SSSR count). The zero-order valence-electron chi connectivity index (χ0n) is 17.9. The molecular formula is C25H24N6O. The molecule has 1 aromatic carbocycles. The predicted octanol–water partition coefficient (Wildman–Crippen LogP) is 3.70. The Bertz CT molecular complexity index is 1240. The Morgan fingerprint density at radius 2 is 1.53 bits per heavy atom.